The fourth-order valence-electron chi connectivity index (χ4n) is 2.06. The van der Waals surface area contributed by atoms with Crippen molar-refractivity contribution in [2.45, 2.75) is 33.6 Å². The lowest BCUT2D eigenvalue weighted by Gasteiger charge is -2.14. The second-order valence-corrected chi connectivity index (χ2v) is 6.41. The Kier molecular flexibility index (Phi) is 4.86. The van der Waals surface area contributed by atoms with Crippen molar-refractivity contribution >= 4 is 34.2 Å². The van der Waals surface area contributed by atoms with Crippen molar-refractivity contribution < 1.29 is 4.74 Å². The smallest absolute Gasteiger partial charge is 0.228 e. The minimum Gasteiger partial charge on any atom is -0.439 e. The normalized spacial score (nSPS) is 10.9. The van der Waals surface area contributed by atoms with Crippen LogP contribution in [0.4, 0.5) is 0 Å². The number of halogens is 2. The molecule has 0 aliphatic rings. The zero-order valence-corrected chi connectivity index (χ0v) is 14.8. The molecule has 0 spiro atoms. The maximum absolute atomic E-state index is 6.22. The average Bonchev–Trinajstić information content (AvgIpc) is 2.25. The molecule has 3 nitrogen and oxygen atoms in total. The van der Waals surface area contributed by atoms with E-state index in [9.17, 15) is 0 Å². The van der Waals surface area contributed by atoms with E-state index in [1.807, 2.05) is 62.4 Å². The first-order valence-electron chi connectivity index (χ1n) is 6.36. The zero-order chi connectivity index (χ0) is 14.9. The molecule has 0 N–H and O–H groups in total. The molecule has 20 heavy (non-hydrogen) atoms. The highest BCUT2D eigenvalue weighted by molar-refractivity contribution is 14.1. The average molecular weight is 403 g/mol. The first kappa shape index (κ1) is 15.5. The van der Waals surface area contributed by atoms with Gasteiger partial charge in [-0.1, -0.05) is 31.5 Å². The molecule has 0 atom stereocenters. The highest BCUT2D eigenvalue weighted by Crippen LogP contribution is 2.34. The van der Waals surface area contributed by atoms with Gasteiger partial charge in [0.25, 0.3) is 0 Å². The van der Waals surface area contributed by atoms with E-state index in [1.54, 1.807) is 0 Å². The molecule has 2 aromatic rings. The van der Waals surface area contributed by atoms with Crippen molar-refractivity contribution in [2.24, 2.45) is 0 Å². The Hall–Kier alpha value is -0.880. The number of hydrogen-bond donors (Lipinski definition) is 0. The fourth-order valence-corrected chi connectivity index (χ4v) is 3.05. The van der Waals surface area contributed by atoms with Crippen LogP contribution in [0.2, 0.25) is 5.15 Å². The SMILES string of the molecule is Cc1cc(C)cc(Oc2nc(I)nc(Cl)c2C(C)C)c1. The molecule has 0 amide bonds. The highest BCUT2D eigenvalue weighted by atomic mass is 127. The van der Waals surface area contributed by atoms with E-state index >= 15 is 0 Å². The Morgan fingerprint density at radius 3 is 2.25 bits per heavy atom. The summed E-state index contributed by atoms with van der Waals surface area (Å²) in [4.78, 5) is 8.57. The van der Waals surface area contributed by atoms with Crippen molar-refractivity contribution in [1.82, 2.24) is 9.97 Å². The van der Waals surface area contributed by atoms with E-state index in [1.165, 1.54) is 0 Å². The Morgan fingerprint density at radius 1 is 1.10 bits per heavy atom. The molecule has 1 aromatic heterocycles. The number of nitrogens with zero attached hydrogens (tertiary/aromatic N) is 2. The van der Waals surface area contributed by atoms with Gasteiger partial charge in [-0.3, -0.25) is 0 Å². The van der Waals surface area contributed by atoms with Crippen LogP contribution in [0.3, 0.4) is 0 Å². The quantitative estimate of drug-likeness (QED) is 0.399. The van der Waals surface area contributed by atoms with Crippen LogP contribution < -0.4 is 4.74 Å². The summed E-state index contributed by atoms with van der Waals surface area (Å²) in [7, 11) is 0. The Bertz CT molecular complexity index is 624. The lowest BCUT2D eigenvalue weighted by molar-refractivity contribution is 0.449. The molecule has 106 valence electrons. The highest BCUT2D eigenvalue weighted by Gasteiger charge is 2.17. The van der Waals surface area contributed by atoms with Gasteiger partial charge in [-0.25, -0.2) is 4.98 Å². The summed E-state index contributed by atoms with van der Waals surface area (Å²) in [5, 5.41) is 0.457. The minimum absolute atomic E-state index is 0.195. The van der Waals surface area contributed by atoms with Gasteiger partial charge in [0.15, 0.2) is 3.83 Å². The first-order chi connectivity index (χ1) is 9.36. The van der Waals surface area contributed by atoms with Crippen LogP contribution >= 0.6 is 34.2 Å². The lowest BCUT2D eigenvalue weighted by atomic mass is 10.1. The van der Waals surface area contributed by atoms with Gasteiger partial charge >= 0.3 is 0 Å². The number of rotatable bonds is 3. The summed E-state index contributed by atoms with van der Waals surface area (Å²) in [6.45, 7) is 8.18. The molecule has 0 aliphatic carbocycles. The van der Waals surface area contributed by atoms with Gasteiger partial charge in [-0.05, 0) is 43.0 Å². The second kappa shape index (κ2) is 6.26. The third kappa shape index (κ3) is 3.61. The number of aryl methyl sites for hydroxylation is 2. The first-order valence-corrected chi connectivity index (χ1v) is 7.81. The van der Waals surface area contributed by atoms with Crippen LogP contribution in [0.1, 0.15) is 36.5 Å². The van der Waals surface area contributed by atoms with E-state index in [-0.39, 0.29) is 5.92 Å². The largest absolute Gasteiger partial charge is 0.439 e. The van der Waals surface area contributed by atoms with E-state index < -0.39 is 0 Å². The van der Waals surface area contributed by atoms with Crippen LogP contribution in [-0.2, 0) is 0 Å². The van der Waals surface area contributed by atoms with E-state index in [4.69, 9.17) is 16.3 Å². The van der Waals surface area contributed by atoms with E-state index in [0.29, 0.717) is 14.9 Å². The summed E-state index contributed by atoms with van der Waals surface area (Å²) in [6.07, 6.45) is 0. The zero-order valence-electron chi connectivity index (χ0n) is 11.9. The molecule has 0 saturated heterocycles. The van der Waals surface area contributed by atoms with Gasteiger partial charge in [-0.2, -0.15) is 4.98 Å². The lowest BCUT2D eigenvalue weighted by Crippen LogP contribution is -2.02. The van der Waals surface area contributed by atoms with Crippen LogP contribution in [0.15, 0.2) is 18.2 Å². The molecular weight excluding hydrogens is 387 g/mol. The van der Waals surface area contributed by atoms with Gasteiger partial charge in [0.1, 0.15) is 10.9 Å². The van der Waals surface area contributed by atoms with Crippen LogP contribution in [0.25, 0.3) is 0 Å². The van der Waals surface area contributed by atoms with Gasteiger partial charge in [-0.15, -0.1) is 0 Å². The molecule has 2 rings (SSSR count). The van der Waals surface area contributed by atoms with Crippen molar-refractivity contribution in [3.63, 3.8) is 0 Å². The third-order valence-electron chi connectivity index (χ3n) is 2.82. The summed E-state index contributed by atoms with van der Waals surface area (Å²) in [5.41, 5.74) is 3.15. The van der Waals surface area contributed by atoms with Crippen LogP contribution in [-0.4, -0.2) is 9.97 Å². The van der Waals surface area contributed by atoms with E-state index in [2.05, 4.69) is 16.0 Å². The molecule has 1 heterocycles. The number of hydrogen-bond acceptors (Lipinski definition) is 3. The Balaban J connectivity index is 2.47. The summed E-state index contributed by atoms with van der Waals surface area (Å²) in [5.74, 6) is 1.50. The third-order valence-corrected chi connectivity index (χ3v) is 3.59. The van der Waals surface area contributed by atoms with Crippen LogP contribution in [0.5, 0.6) is 11.6 Å². The summed E-state index contributed by atoms with van der Waals surface area (Å²) >= 11 is 8.26. The van der Waals surface area contributed by atoms with Crippen molar-refractivity contribution in [3.8, 4) is 11.6 Å². The number of benzene rings is 1. The van der Waals surface area contributed by atoms with Crippen molar-refractivity contribution in [3.05, 3.63) is 43.9 Å². The molecular formula is C15H16ClIN2O. The minimum atomic E-state index is 0.195. The van der Waals surface area contributed by atoms with Crippen LogP contribution in [0, 0.1) is 17.7 Å². The standard InChI is InChI=1S/C15H16ClIN2O/c1-8(2)12-13(16)18-15(17)19-14(12)20-11-6-9(3)5-10(4)7-11/h5-8H,1-4H3. The van der Waals surface area contributed by atoms with E-state index in [0.717, 1.165) is 22.4 Å². The Labute approximate surface area is 137 Å². The molecule has 0 unspecified atom stereocenters. The molecule has 0 saturated carbocycles. The van der Waals surface area contributed by atoms with Crippen molar-refractivity contribution in [2.75, 3.05) is 0 Å². The molecule has 0 fully saturated rings. The maximum Gasteiger partial charge on any atom is 0.228 e. The van der Waals surface area contributed by atoms with Gasteiger partial charge < -0.3 is 4.74 Å². The summed E-state index contributed by atoms with van der Waals surface area (Å²) in [6, 6.07) is 6.08. The van der Waals surface area contributed by atoms with Gasteiger partial charge in [0.2, 0.25) is 5.88 Å². The second-order valence-electron chi connectivity index (χ2n) is 5.08. The fraction of sp³-hybridized carbons (Fsp3) is 0.333. The molecule has 0 radical (unpaired) electrons. The van der Waals surface area contributed by atoms with Crippen molar-refractivity contribution in [1.29, 1.82) is 0 Å². The predicted molar refractivity (Wildman–Crippen MR) is 89.8 cm³/mol. The molecule has 0 aliphatic heterocycles. The topological polar surface area (TPSA) is 35.0 Å². The molecule has 5 heteroatoms. The predicted octanol–water partition coefficient (Wildman–Crippen LogP) is 5.27. The monoisotopic (exact) mass is 402 g/mol. The number of aromatic nitrogens is 2. The number of ether oxygens (including phenoxy) is 1. The molecule has 1 aromatic carbocycles. The Morgan fingerprint density at radius 2 is 1.70 bits per heavy atom. The van der Waals surface area contributed by atoms with Gasteiger partial charge in [0, 0.05) is 22.6 Å². The molecule has 0 bridgehead atoms. The summed E-state index contributed by atoms with van der Waals surface area (Å²) < 4.78 is 6.53. The maximum atomic E-state index is 6.22. The van der Waals surface area contributed by atoms with Gasteiger partial charge in [0.05, 0.1) is 5.56 Å².